The lowest BCUT2D eigenvalue weighted by atomic mass is 10.2. The van der Waals surface area contributed by atoms with Gasteiger partial charge in [0, 0.05) is 25.0 Å². The minimum absolute atomic E-state index is 0.0996. The third kappa shape index (κ3) is 3.16. The van der Waals surface area contributed by atoms with Crippen molar-refractivity contribution in [1.82, 2.24) is 14.8 Å². The van der Waals surface area contributed by atoms with E-state index in [1.54, 1.807) is 18.5 Å². The van der Waals surface area contributed by atoms with Crippen molar-refractivity contribution in [3.8, 4) is 0 Å². The summed E-state index contributed by atoms with van der Waals surface area (Å²) < 4.78 is 1.43. The van der Waals surface area contributed by atoms with E-state index in [0.717, 1.165) is 24.3 Å². The Hall–Kier alpha value is -2.17. The molecule has 0 fully saturated rings. The standard InChI is InChI=1S/C13H16N4O/c1-2-6-14-12-9-11(5-8-15-12)10-17-13(18)4-3-7-16-17/h3-5,7-9H,2,6,10H2,1H3,(H,14,15). The summed E-state index contributed by atoms with van der Waals surface area (Å²) >= 11 is 0. The monoisotopic (exact) mass is 244 g/mol. The fourth-order valence-corrected chi connectivity index (χ4v) is 1.60. The first-order chi connectivity index (χ1) is 8.79. The lowest BCUT2D eigenvalue weighted by Gasteiger charge is -2.07. The van der Waals surface area contributed by atoms with Crippen LogP contribution in [0.1, 0.15) is 18.9 Å². The number of hydrogen-bond donors (Lipinski definition) is 1. The lowest BCUT2D eigenvalue weighted by molar-refractivity contribution is 0.638. The molecule has 5 heteroatoms. The largest absolute Gasteiger partial charge is 0.370 e. The molecule has 94 valence electrons. The van der Waals surface area contributed by atoms with Gasteiger partial charge in [-0.15, -0.1) is 0 Å². The number of hydrogen-bond acceptors (Lipinski definition) is 4. The summed E-state index contributed by atoms with van der Waals surface area (Å²) in [5.74, 6) is 0.832. The molecule has 0 amide bonds. The third-order valence-corrected chi connectivity index (χ3v) is 2.50. The molecule has 0 spiro atoms. The van der Waals surface area contributed by atoms with E-state index in [2.05, 4.69) is 22.3 Å². The van der Waals surface area contributed by atoms with Gasteiger partial charge in [0.25, 0.3) is 5.56 Å². The summed E-state index contributed by atoms with van der Waals surface area (Å²) in [5, 5.41) is 7.24. The average Bonchev–Trinajstić information content (AvgIpc) is 2.40. The van der Waals surface area contributed by atoms with Gasteiger partial charge in [0.05, 0.1) is 6.54 Å². The highest BCUT2D eigenvalue weighted by molar-refractivity contribution is 5.37. The number of pyridine rings is 1. The molecule has 2 heterocycles. The molecular weight excluding hydrogens is 228 g/mol. The maximum Gasteiger partial charge on any atom is 0.267 e. The molecule has 0 aliphatic rings. The number of rotatable bonds is 5. The van der Waals surface area contributed by atoms with Crippen LogP contribution in [0.5, 0.6) is 0 Å². The fourth-order valence-electron chi connectivity index (χ4n) is 1.60. The second kappa shape index (κ2) is 5.95. The molecule has 5 nitrogen and oxygen atoms in total. The van der Waals surface area contributed by atoms with Gasteiger partial charge in [-0.1, -0.05) is 6.92 Å². The normalized spacial score (nSPS) is 10.3. The zero-order valence-electron chi connectivity index (χ0n) is 10.3. The van der Waals surface area contributed by atoms with Crippen LogP contribution in [0.2, 0.25) is 0 Å². The first kappa shape index (κ1) is 12.3. The van der Waals surface area contributed by atoms with Crippen LogP contribution < -0.4 is 10.9 Å². The van der Waals surface area contributed by atoms with Gasteiger partial charge in [-0.3, -0.25) is 4.79 Å². The van der Waals surface area contributed by atoms with Crippen LogP contribution in [0, 0.1) is 0 Å². The molecule has 0 aromatic carbocycles. The molecule has 2 rings (SSSR count). The van der Waals surface area contributed by atoms with Crippen molar-refractivity contribution in [3.05, 3.63) is 52.6 Å². The topological polar surface area (TPSA) is 59.8 Å². The Morgan fingerprint density at radius 2 is 2.22 bits per heavy atom. The number of nitrogens with one attached hydrogen (secondary N) is 1. The predicted octanol–water partition coefficient (Wildman–Crippen LogP) is 1.51. The summed E-state index contributed by atoms with van der Waals surface area (Å²) in [6, 6.07) is 6.97. The smallest absolute Gasteiger partial charge is 0.267 e. The second-order valence-electron chi connectivity index (χ2n) is 4.00. The van der Waals surface area contributed by atoms with Gasteiger partial charge in [0.2, 0.25) is 0 Å². The molecular formula is C13H16N4O. The molecule has 0 atom stereocenters. The zero-order chi connectivity index (χ0) is 12.8. The summed E-state index contributed by atoms with van der Waals surface area (Å²) in [6.07, 6.45) is 4.39. The fraction of sp³-hybridized carbons (Fsp3) is 0.308. The highest BCUT2D eigenvalue weighted by Gasteiger charge is 2.00. The van der Waals surface area contributed by atoms with Crippen LogP contribution in [-0.4, -0.2) is 21.3 Å². The van der Waals surface area contributed by atoms with E-state index in [-0.39, 0.29) is 5.56 Å². The van der Waals surface area contributed by atoms with Crippen LogP contribution in [-0.2, 0) is 6.54 Å². The maximum atomic E-state index is 11.5. The van der Waals surface area contributed by atoms with E-state index >= 15 is 0 Å². The van der Waals surface area contributed by atoms with Crippen molar-refractivity contribution >= 4 is 5.82 Å². The van der Waals surface area contributed by atoms with Gasteiger partial charge in [-0.2, -0.15) is 5.10 Å². The first-order valence-electron chi connectivity index (χ1n) is 6.00. The minimum atomic E-state index is -0.0996. The van der Waals surface area contributed by atoms with Gasteiger partial charge < -0.3 is 5.32 Å². The van der Waals surface area contributed by atoms with Crippen molar-refractivity contribution in [1.29, 1.82) is 0 Å². The number of anilines is 1. The zero-order valence-corrected chi connectivity index (χ0v) is 10.3. The molecule has 1 N–H and O–H groups in total. The Kier molecular flexibility index (Phi) is 4.06. The number of nitrogens with zero attached hydrogens (tertiary/aromatic N) is 3. The van der Waals surface area contributed by atoms with Crippen LogP contribution >= 0.6 is 0 Å². The Balaban J connectivity index is 2.14. The summed E-state index contributed by atoms with van der Waals surface area (Å²) in [7, 11) is 0. The van der Waals surface area contributed by atoms with Crippen LogP contribution in [0.15, 0.2) is 41.5 Å². The molecule has 0 unspecified atom stereocenters. The van der Waals surface area contributed by atoms with Crippen LogP contribution in [0.25, 0.3) is 0 Å². The first-order valence-corrected chi connectivity index (χ1v) is 6.00. The molecule has 0 bridgehead atoms. The molecule has 18 heavy (non-hydrogen) atoms. The van der Waals surface area contributed by atoms with Crippen molar-refractivity contribution in [2.75, 3.05) is 11.9 Å². The highest BCUT2D eigenvalue weighted by Crippen LogP contribution is 2.07. The van der Waals surface area contributed by atoms with E-state index < -0.39 is 0 Å². The minimum Gasteiger partial charge on any atom is -0.370 e. The Bertz CT molecular complexity index is 565. The Labute approximate surface area is 105 Å². The summed E-state index contributed by atoms with van der Waals surface area (Å²) in [4.78, 5) is 15.8. The van der Waals surface area contributed by atoms with Gasteiger partial charge in [0.1, 0.15) is 5.82 Å². The Morgan fingerprint density at radius 1 is 1.33 bits per heavy atom. The van der Waals surface area contributed by atoms with Crippen molar-refractivity contribution in [2.24, 2.45) is 0 Å². The maximum absolute atomic E-state index is 11.5. The predicted molar refractivity (Wildman–Crippen MR) is 70.6 cm³/mol. The molecule has 0 aliphatic carbocycles. The molecule has 2 aromatic rings. The van der Waals surface area contributed by atoms with Crippen molar-refractivity contribution in [2.45, 2.75) is 19.9 Å². The van der Waals surface area contributed by atoms with E-state index in [4.69, 9.17) is 0 Å². The molecule has 2 aromatic heterocycles. The van der Waals surface area contributed by atoms with Crippen LogP contribution in [0.3, 0.4) is 0 Å². The molecule has 0 aliphatic heterocycles. The third-order valence-electron chi connectivity index (χ3n) is 2.50. The van der Waals surface area contributed by atoms with E-state index in [1.807, 2.05) is 12.1 Å². The highest BCUT2D eigenvalue weighted by atomic mass is 16.1. The van der Waals surface area contributed by atoms with Gasteiger partial charge in [-0.25, -0.2) is 9.67 Å². The van der Waals surface area contributed by atoms with Gasteiger partial charge >= 0.3 is 0 Å². The number of aromatic nitrogens is 3. The second-order valence-corrected chi connectivity index (χ2v) is 4.00. The van der Waals surface area contributed by atoms with E-state index in [0.29, 0.717) is 6.54 Å². The SMILES string of the molecule is CCCNc1cc(Cn2ncccc2=O)ccn1. The molecule has 0 saturated carbocycles. The van der Waals surface area contributed by atoms with E-state index in [1.165, 1.54) is 10.7 Å². The quantitative estimate of drug-likeness (QED) is 0.866. The lowest BCUT2D eigenvalue weighted by Crippen LogP contribution is -2.21. The average molecular weight is 244 g/mol. The van der Waals surface area contributed by atoms with Crippen LogP contribution in [0.4, 0.5) is 5.82 Å². The van der Waals surface area contributed by atoms with Crippen molar-refractivity contribution < 1.29 is 0 Å². The molecule has 0 saturated heterocycles. The summed E-state index contributed by atoms with van der Waals surface area (Å²) in [6.45, 7) is 3.45. The van der Waals surface area contributed by atoms with E-state index in [9.17, 15) is 4.79 Å². The van der Waals surface area contributed by atoms with Crippen molar-refractivity contribution in [3.63, 3.8) is 0 Å². The van der Waals surface area contributed by atoms with Gasteiger partial charge in [-0.05, 0) is 30.2 Å². The molecule has 0 radical (unpaired) electrons. The Morgan fingerprint density at radius 3 is 3.00 bits per heavy atom. The van der Waals surface area contributed by atoms with Gasteiger partial charge in [0.15, 0.2) is 0 Å². The summed E-state index contributed by atoms with van der Waals surface area (Å²) in [5.41, 5.74) is 0.904.